The lowest BCUT2D eigenvalue weighted by Gasteiger charge is -1.88. The maximum absolute atomic E-state index is 10.8. The minimum absolute atomic E-state index is 0.303. The molecule has 1 heteroatoms. The van der Waals surface area contributed by atoms with Gasteiger partial charge in [-0.1, -0.05) is 6.92 Å². The van der Waals surface area contributed by atoms with E-state index in [1.54, 1.807) is 12.2 Å². The Bertz CT molecular complexity index is 150. The molecule has 0 N–H and O–H groups in total. The molecule has 0 fully saturated rings. The Labute approximate surface area is 62.4 Å². The third-order valence-corrected chi connectivity index (χ3v) is 1.14. The summed E-state index contributed by atoms with van der Waals surface area (Å²) in [7, 11) is 0. The van der Waals surface area contributed by atoms with E-state index in [1.165, 1.54) is 0 Å². The fourth-order valence-corrected chi connectivity index (χ4v) is 0.672. The Hall–Kier alpha value is -0.810. The zero-order chi connectivity index (χ0) is 7.82. The summed E-state index contributed by atoms with van der Waals surface area (Å²) in [6.07, 6.45) is 5.76. The van der Waals surface area contributed by atoms with Gasteiger partial charge in [0, 0.05) is 12.8 Å². The van der Waals surface area contributed by atoms with Gasteiger partial charge >= 0.3 is 0 Å². The molecule has 1 nitrogen and oxygen atoms in total. The zero-order valence-corrected chi connectivity index (χ0v) is 6.68. The lowest BCUT2D eigenvalue weighted by atomic mass is 10.2. The van der Waals surface area contributed by atoms with E-state index in [1.807, 2.05) is 13.8 Å². The maximum atomic E-state index is 10.8. The Morgan fingerprint density at radius 2 is 2.30 bits per heavy atom. The maximum Gasteiger partial charge on any atom is 0.137 e. The van der Waals surface area contributed by atoms with Crippen molar-refractivity contribution >= 4 is 5.78 Å². The van der Waals surface area contributed by atoms with Crippen LogP contribution in [0, 0.1) is 0 Å². The van der Waals surface area contributed by atoms with Gasteiger partial charge < -0.3 is 0 Å². The van der Waals surface area contributed by atoms with E-state index < -0.39 is 0 Å². The molecule has 0 aromatic heterocycles. The molecule has 0 saturated carbocycles. The van der Waals surface area contributed by atoms with Crippen molar-refractivity contribution in [2.24, 2.45) is 0 Å². The van der Waals surface area contributed by atoms with Gasteiger partial charge in [-0.3, -0.25) is 4.79 Å². The van der Waals surface area contributed by atoms with Crippen LogP contribution in [-0.4, -0.2) is 5.78 Å². The Morgan fingerprint density at radius 3 is 2.80 bits per heavy atom. The van der Waals surface area contributed by atoms with Gasteiger partial charge in [-0.05, 0) is 25.5 Å². The molecule has 0 spiro atoms. The van der Waals surface area contributed by atoms with Crippen LogP contribution in [0.5, 0.6) is 0 Å². The zero-order valence-electron chi connectivity index (χ0n) is 6.68. The predicted molar refractivity (Wildman–Crippen MR) is 42.9 cm³/mol. The van der Waals surface area contributed by atoms with Crippen molar-refractivity contribution in [1.29, 1.82) is 0 Å². The molecule has 0 heterocycles. The Kier molecular flexibility index (Phi) is 5.80. The van der Waals surface area contributed by atoms with Crippen LogP contribution in [0.2, 0.25) is 0 Å². The molecular weight excluding hydrogens is 124 g/mol. The van der Waals surface area contributed by atoms with Crippen molar-refractivity contribution in [3.05, 3.63) is 17.9 Å². The lowest BCUT2D eigenvalue weighted by molar-refractivity contribution is -0.118. The van der Waals surface area contributed by atoms with E-state index in [2.05, 4.69) is 5.73 Å². The number of rotatable bonds is 4. The number of hydrogen-bond acceptors (Lipinski definition) is 1. The Balaban J connectivity index is 3.49. The molecule has 0 aromatic rings. The average molecular weight is 138 g/mol. The van der Waals surface area contributed by atoms with Crippen molar-refractivity contribution in [1.82, 2.24) is 0 Å². The number of Topliss-reactive ketones (excluding diaryl/α,β-unsaturated/α-hetero) is 1. The van der Waals surface area contributed by atoms with E-state index in [9.17, 15) is 4.79 Å². The third kappa shape index (κ3) is 5.33. The fraction of sp³-hybridized carbons (Fsp3) is 0.556. The molecule has 0 aromatic carbocycles. The van der Waals surface area contributed by atoms with Crippen molar-refractivity contribution in [3.8, 4) is 0 Å². The second-order valence-electron chi connectivity index (χ2n) is 2.15. The van der Waals surface area contributed by atoms with Crippen molar-refractivity contribution in [2.45, 2.75) is 33.1 Å². The normalized spacial score (nSPS) is 8.20. The summed E-state index contributed by atoms with van der Waals surface area (Å²) in [6, 6.07) is 0. The molecule has 0 aliphatic carbocycles. The second-order valence-corrected chi connectivity index (χ2v) is 2.15. The van der Waals surface area contributed by atoms with Crippen LogP contribution in [0.4, 0.5) is 0 Å². The lowest BCUT2D eigenvalue weighted by Crippen LogP contribution is -1.92. The van der Waals surface area contributed by atoms with Crippen LogP contribution >= 0.6 is 0 Å². The SMILES string of the molecule is CC=C=CCC(=O)CCC. The molecule has 0 saturated heterocycles. The van der Waals surface area contributed by atoms with E-state index in [4.69, 9.17) is 0 Å². The van der Waals surface area contributed by atoms with Crippen LogP contribution in [0.15, 0.2) is 17.9 Å². The fourth-order valence-electron chi connectivity index (χ4n) is 0.672. The molecule has 0 bridgehead atoms. The number of carbonyl (C=O) groups excluding carboxylic acids is 1. The number of carbonyl (C=O) groups is 1. The topological polar surface area (TPSA) is 17.1 Å². The van der Waals surface area contributed by atoms with E-state index in [0.29, 0.717) is 18.6 Å². The largest absolute Gasteiger partial charge is 0.299 e. The smallest absolute Gasteiger partial charge is 0.137 e. The summed E-state index contributed by atoms with van der Waals surface area (Å²) >= 11 is 0. The predicted octanol–water partition coefficient (Wildman–Crippen LogP) is 2.48. The van der Waals surface area contributed by atoms with Crippen molar-refractivity contribution in [2.75, 3.05) is 0 Å². The highest BCUT2D eigenvalue weighted by Gasteiger charge is 1.93. The molecule has 0 unspecified atom stereocenters. The highest BCUT2D eigenvalue weighted by Crippen LogP contribution is 1.93. The molecule has 0 rings (SSSR count). The van der Waals surface area contributed by atoms with Crippen LogP contribution in [0.25, 0.3) is 0 Å². The highest BCUT2D eigenvalue weighted by atomic mass is 16.1. The van der Waals surface area contributed by atoms with Gasteiger partial charge in [-0.15, -0.1) is 5.73 Å². The van der Waals surface area contributed by atoms with Crippen molar-refractivity contribution in [3.63, 3.8) is 0 Å². The molecule has 0 aliphatic heterocycles. The summed E-state index contributed by atoms with van der Waals surface area (Å²) in [5.74, 6) is 0.303. The van der Waals surface area contributed by atoms with Crippen LogP contribution in [0.1, 0.15) is 33.1 Å². The van der Waals surface area contributed by atoms with Gasteiger partial charge in [0.15, 0.2) is 0 Å². The monoisotopic (exact) mass is 138 g/mol. The van der Waals surface area contributed by atoms with Crippen LogP contribution in [-0.2, 0) is 4.79 Å². The first-order valence-corrected chi connectivity index (χ1v) is 3.68. The van der Waals surface area contributed by atoms with Gasteiger partial charge in [-0.2, -0.15) is 0 Å². The summed E-state index contributed by atoms with van der Waals surface area (Å²) in [5.41, 5.74) is 2.87. The standard InChI is InChI=1S/C9H14O/c1-3-5-6-8-9(10)7-4-2/h3,6H,4,7-8H2,1-2H3. The third-order valence-electron chi connectivity index (χ3n) is 1.14. The van der Waals surface area contributed by atoms with E-state index in [-0.39, 0.29) is 0 Å². The summed E-state index contributed by atoms with van der Waals surface area (Å²) in [4.78, 5) is 10.8. The van der Waals surface area contributed by atoms with Gasteiger partial charge in [0.2, 0.25) is 0 Å². The highest BCUT2D eigenvalue weighted by molar-refractivity contribution is 5.79. The first-order valence-electron chi connectivity index (χ1n) is 3.68. The van der Waals surface area contributed by atoms with Crippen molar-refractivity contribution < 1.29 is 4.79 Å². The molecule has 56 valence electrons. The quantitative estimate of drug-likeness (QED) is 0.545. The second kappa shape index (κ2) is 6.31. The van der Waals surface area contributed by atoms with E-state index in [0.717, 1.165) is 6.42 Å². The summed E-state index contributed by atoms with van der Waals surface area (Å²) < 4.78 is 0. The first kappa shape index (κ1) is 9.19. The Morgan fingerprint density at radius 1 is 1.60 bits per heavy atom. The molecule has 10 heavy (non-hydrogen) atoms. The minimum Gasteiger partial charge on any atom is -0.299 e. The number of ketones is 1. The average Bonchev–Trinajstić information content (AvgIpc) is 1.89. The van der Waals surface area contributed by atoms with Gasteiger partial charge in [0.1, 0.15) is 5.78 Å². The molecular formula is C9H14O. The summed E-state index contributed by atoms with van der Waals surface area (Å²) in [5, 5.41) is 0. The van der Waals surface area contributed by atoms with E-state index >= 15 is 0 Å². The first-order chi connectivity index (χ1) is 4.81. The summed E-state index contributed by atoms with van der Waals surface area (Å²) in [6.45, 7) is 3.90. The van der Waals surface area contributed by atoms with Crippen LogP contribution in [0.3, 0.4) is 0 Å². The van der Waals surface area contributed by atoms with Crippen LogP contribution < -0.4 is 0 Å². The molecule has 0 amide bonds. The molecule has 0 atom stereocenters. The molecule has 0 radical (unpaired) electrons. The van der Waals surface area contributed by atoms with Gasteiger partial charge in [-0.25, -0.2) is 0 Å². The molecule has 0 aliphatic rings. The van der Waals surface area contributed by atoms with Gasteiger partial charge in [0.05, 0.1) is 0 Å². The number of allylic oxidation sites excluding steroid dienone is 1. The number of hydrogen-bond donors (Lipinski definition) is 0. The van der Waals surface area contributed by atoms with Gasteiger partial charge in [0.25, 0.3) is 0 Å². The minimum atomic E-state index is 0.303.